The summed E-state index contributed by atoms with van der Waals surface area (Å²) in [6.45, 7) is 4.42. The number of hydrogen-bond donors (Lipinski definition) is 0. The van der Waals surface area contributed by atoms with Crippen LogP contribution in [0.25, 0.3) is 11.8 Å². The highest BCUT2D eigenvalue weighted by molar-refractivity contribution is 7.07. The third kappa shape index (κ3) is 6.79. The Morgan fingerprint density at radius 3 is 2.35 bits per heavy atom. The Bertz CT molecular complexity index is 2140. The minimum absolute atomic E-state index is 0.163. The zero-order chi connectivity index (χ0) is 33.6. The number of benzene rings is 4. The molecule has 1 aliphatic rings. The van der Waals surface area contributed by atoms with Gasteiger partial charge in [0.05, 0.1) is 42.2 Å². The van der Waals surface area contributed by atoms with Crippen LogP contribution in [0.5, 0.6) is 17.2 Å². The van der Waals surface area contributed by atoms with Crippen LogP contribution >= 0.6 is 11.3 Å². The molecule has 0 spiro atoms. The highest BCUT2D eigenvalue weighted by Crippen LogP contribution is 2.36. The zero-order valence-corrected chi connectivity index (χ0v) is 27.5. The number of thiazole rings is 1. The molecule has 0 radical (unpaired) electrons. The number of methoxy groups -OCH3 is 1. The highest BCUT2D eigenvalue weighted by atomic mass is 32.1. The molecule has 1 aromatic heterocycles. The molecule has 0 saturated heterocycles. The molecule has 0 aliphatic carbocycles. The molecule has 4 aromatic carbocycles. The summed E-state index contributed by atoms with van der Waals surface area (Å²) in [7, 11) is 1.58. The van der Waals surface area contributed by atoms with Crippen molar-refractivity contribution in [3.05, 3.63) is 150 Å². The summed E-state index contributed by atoms with van der Waals surface area (Å²) in [5, 5.41) is 0. The van der Waals surface area contributed by atoms with Crippen LogP contribution < -0.4 is 29.1 Å². The normalized spacial score (nSPS) is 14.2. The van der Waals surface area contributed by atoms with Crippen LogP contribution in [0, 0.1) is 5.82 Å². The van der Waals surface area contributed by atoms with Gasteiger partial charge in [-0.2, -0.15) is 0 Å². The van der Waals surface area contributed by atoms with E-state index in [9.17, 15) is 14.0 Å². The fraction of sp³-hybridized carbons (Fsp3) is 0.184. The molecule has 8 nitrogen and oxygen atoms in total. The molecule has 10 heteroatoms. The lowest BCUT2D eigenvalue weighted by molar-refractivity contribution is -0.138. The summed E-state index contributed by atoms with van der Waals surface area (Å²) in [6.07, 6.45) is 1.78. The quantitative estimate of drug-likeness (QED) is 0.160. The van der Waals surface area contributed by atoms with E-state index in [1.54, 1.807) is 55.0 Å². The van der Waals surface area contributed by atoms with E-state index in [4.69, 9.17) is 23.9 Å². The maximum atomic E-state index is 14.3. The van der Waals surface area contributed by atoms with Gasteiger partial charge in [0, 0.05) is 5.56 Å². The lowest BCUT2D eigenvalue weighted by atomic mass is 9.93. The van der Waals surface area contributed by atoms with Crippen molar-refractivity contribution in [3.8, 4) is 17.2 Å². The number of rotatable bonds is 11. The van der Waals surface area contributed by atoms with Crippen LogP contribution in [0.1, 0.15) is 42.1 Å². The van der Waals surface area contributed by atoms with Crippen LogP contribution in [0.2, 0.25) is 0 Å². The third-order valence-electron chi connectivity index (χ3n) is 7.68. The van der Waals surface area contributed by atoms with Crippen molar-refractivity contribution < 1.29 is 28.1 Å². The molecule has 0 N–H and O–H groups in total. The molecule has 0 bridgehead atoms. The minimum atomic E-state index is -0.801. The van der Waals surface area contributed by atoms with E-state index in [2.05, 4.69) is 0 Å². The molecule has 0 saturated carbocycles. The maximum Gasteiger partial charge on any atom is 0.338 e. The van der Waals surface area contributed by atoms with E-state index in [0.29, 0.717) is 50.0 Å². The largest absolute Gasteiger partial charge is 0.497 e. The van der Waals surface area contributed by atoms with Crippen LogP contribution in [0.3, 0.4) is 0 Å². The second-order valence-electron chi connectivity index (χ2n) is 10.8. The van der Waals surface area contributed by atoms with Gasteiger partial charge in [0.2, 0.25) is 0 Å². The van der Waals surface area contributed by atoms with E-state index < -0.39 is 12.0 Å². The number of carbonyl (C=O) groups excluding carboxylic acids is 1. The first-order chi connectivity index (χ1) is 23.4. The predicted octanol–water partition coefficient (Wildman–Crippen LogP) is 6.06. The van der Waals surface area contributed by atoms with E-state index in [1.807, 2.05) is 61.5 Å². The lowest BCUT2D eigenvalue weighted by Crippen LogP contribution is -2.40. The van der Waals surface area contributed by atoms with Crippen LogP contribution in [0.4, 0.5) is 4.39 Å². The van der Waals surface area contributed by atoms with Gasteiger partial charge in [-0.1, -0.05) is 72.0 Å². The Morgan fingerprint density at radius 2 is 1.67 bits per heavy atom. The number of halogens is 1. The van der Waals surface area contributed by atoms with Crippen LogP contribution in [0.15, 0.2) is 112 Å². The number of nitrogens with zero attached hydrogens (tertiary/aromatic N) is 2. The molecule has 6 rings (SSSR count). The summed E-state index contributed by atoms with van der Waals surface area (Å²) >= 11 is 1.24. The average molecular weight is 665 g/mol. The van der Waals surface area contributed by atoms with Gasteiger partial charge in [-0.25, -0.2) is 14.2 Å². The number of carbonyl (C=O) groups is 1. The first-order valence-electron chi connectivity index (χ1n) is 15.5. The van der Waals surface area contributed by atoms with E-state index >= 15 is 0 Å². The molecule has 0 fully saturated rings. The number of ether oxygens (including phenoxy) is 4. The van der Waals surface area contributed by atoms with E-state index in [-0.39, 0.29) is 30.2 Å². The van der Waals surface area contributed by atoms with Crippen LogP contribution in [-0.4, -0.2) is 30.9 Å². The van der Waals surface area contributed by atoms with Crippen molar-refractivity contribution >= 4 is 29.1 Å². The number of fused-ring (bicyclic) bond motifs is 1. The summed E-state index contributed by atoms with van der Waals surface area (Å²) in [5.41, 5.74) is 3.38. The fourth-order valence-electron chi connectivity index (χ4n) is 5.44. The lowest BCUT2D eigenvalue weighted by Gasteiger charge is -2.26. The Kier molecular flexibility index (Phi) is 9.82. The first kappa shape index (κ1) is 32.5. The SMILES string of the molecule is CCOC(=O)C1=C(c2ccccc2)N=c2s/c(=C\c3ccc(OCc4ccc(F)cc4)c(OCC)c3)c(=O)n2[C@H]1c1ccc(OC)cc1. The molecule has 0 amide bonds. The van der Waals surface area contributed by atoms with Crippen molar-refractivity contribution in [3.63, 3.8) is 0 Å². The van der Waals surface area contributed by atoms with Crippen molar-refractivity contribution in [2.24, 2.45) is 4.99 Å². The van der Waals surface area contributed by atoms with Gasteiger partial charge < -0.3 is 18.9 Å². The molecule has 1 atom stereocenters. The monoisotopic (exact) mass is 664 g/mol. The minimum Gasteiger partial charge on any atom is -0.497 e. The summed E-state index contributed by atoms with van der Waals surface area (Å²) in [4.78, 5) is 33.3. The molecular weight excluding hydrogens is 631 g/mol. The predicted molar refractivity (Wildman–Crippen MR) is 182 cm³/mol. The van der Waals surface area contributed by atoms with Gasteiger partial charge in [-0.05, 0) is 73.0 Å². The highest BCUT2D eigenvalue weighted by Gasteiger charge is 2.35. The smallest absolute Gasteiger partial charge is 0.338 e. The Balaban J connectivity index is 1.47. The van der Waals surface area contributed by atoms with Gasteiger partial charge in [-0.3, -0.25) is 9.36 Å². The summed E-state index contributed by atoms with van der Waals surface area (Å²) in [6, 6.07) is 27.4. The Hall–Kier alpha value is -5.48. The maximum absolute atomic E-state index is 14.3. The van der Waals surface area contributed by atoms with Crippen molar-refractivity contribution in [2.45, 2.75) is 26.5 Å². The average Bonchev–Trinajstić information content (AvgIpc) is 3.42. The van der Waals surface area contributed by atoms with Crippen molar-refractivity contribution in [2.75, 3.05) is 20.3 Å². The van der Waals surface area contributed by atoms with Crippen molar-refractivity contribution in [1.29, 1.82) is 0 Å². The van der Waals surface area contributed by atoms with Crippen molar-refractivity contribution in [1.82, 2.24) is 4.57 Å². The summed E-state index contributed by atoms with van der Waals surface area (Å²) in [5.74, 6) is 0.810. The van der Waals surface area contributed by atoms with Gasteiger partial charge in [-0.15, -0.1) is 0 Å². The van der Waals surface area contributed by atoms with Gasteiger partial charge in [0.1, 0.15) is 18.2 Å². The molecular formula is C38H33FN2O6S. The Labute approximate surface area is 280 Å². The van der Waals surface area contributed by atoms with Gasteiger partial charge >= 0.3 is 5.97 Å². The molecule has 0 unspecified atom stereocenters. The molecule has 2 heterocycles. The first-order valence-corrected chi connectivity index (χ1v) is 16.3. The number of esters is 1. The third-order valence-corrected chi connectivity index (χ3v) is 8.66. The standard InChI is InChI=1S/C38H33FN2O6S/c1-4-45-31-21-25(13-20-30(31)47-23-24-11-16-28(39)17-12-24)22-32-36(42)41-35(27-14-18-29(44-3)19-15-27)33(37(43)46-5-2)34(40-38(41)48-32)26-9-7-6-8-10-26/h6-22,35H,4-5,23H2,1-3H3/b32-22-/t35-/m0/s1. The second kappa shape index (κ2) is 14.5. The number of aromatic nitrogens is 1. The zero-order valence-electron chi connectivity index (χ0n) is 26.6. The Morgan fingerprint density at radius 1 is 0.917 bits per heavy atom. The summed E-state index contributed by atoms with van der Waals surface area (Å²) < 4.78 is 38.1. The molecule has 5 aromatic rings. The molecule has 1 aliphatic heterocycles. The molecule has 48 heavy (non-hydrogen) atoms. The number of hydrogen-bond acceptors (Lipinski definition) is 8. The van der Waals surface area contributed by atoms with E-state index in [0.717, 1.165) is 11.1 Å². The van der Waals surface area contributed by atoms with Gasteiger partial charge in [0.25, 0.3) is 5.56 Å². The van der Waals surface area contributed by atoms with Gasteiger partial charge in [0.15, 0.2) is 16.3 Å². The van der Waals surface area contributed by atoms with E-state index in [1.165, 1.54) is 23.5 Å². The molecule has 244 valence electrons. The topological polar surface area (TPSA) is 88.4 Å². The van der Waals surface area contributed by atoms with Crippen LogP contribution in [-0.2, 0) is 16.1 Å². The second-order valence-corrected chi connectivity index (χ2v) is 11.8. The fourth-order valence-corrected chi connectivity index (χ4v) is 6.44.